The first kappa shape index (κ1) is 6.56. The zero-order valence-corrected chi connectivity index (χ0v) is 5.46. The number of hydrogen-bond donors (Lipinski definition) is 0. The monoisotopic (exact) mass is 133 g/mol. The van der Waals surface area contributed by atoms with Crippen molar-refractivity contribution in [2.24, 2.45) is 0 Å². The third kappa shape index (κ3) is 1.23. The lowest BCUT2D eigenvalue weighted by Crippen LogP contribution is -1.86. The molecule has 0 aliphatic heterocycles. The first-order valence-corrected chi connectivity index (χ1v) is 2.68. The average Bonchev–Trinajstić information content (AvgIpc) is 2.05. The van der Waals surface area contributed by atoms with Gasteiger partial charge in [-0.05, 0) is 6.07 Å². The summed E-state index contributed by atoms with van der Waals surface area (Å²) in [5.74, 6) is 0.402. The van der Waals surface area contributed by atoms with Crippen LogP contribution in [0.5, 0.6) is 5.88 Å². The molecular formula is C7H5N2O. The molecule has 0 spiro atoms. The van der Waals surface area contributed by atoms with E-state index in [-0.39, 0.29) is 0 Å². The second-order valence-corrected chi connectivity index (χ2v) is 1.62. The Labute approximate surface area is 58.9 Å². The Morgan fingerprint density at radius 2 is 2.60 bits per heavy atom. The van der Waals surface area contributed by atoms with Crippen LogP contribution >= 0.6 is 0 Å². The highest BCUT2D eigenvalue weighted by Crippen LogP contribution is 2.03. The van der Waals surface area contributed by atoms with Crippen LogP contribution in [0.3, 0.4) is 0 Å². The van der Waals surface area contributed by atoms with Gasteiger partial charge in [0.05, 0.1) is 18.7 Å². The van der Waals surface area contributed by atoms with E-state index in [0.29, 0.717) is 11.4 Å². The second-order valence-electron chi connectivity index (χ2n) is 1.62. The van der Waals surface area contributed by atoms with Crippen LogP contribution in [0, 0.1) is 17.4 Å². The molecule has 49 valence electrons. The Morgan fingerprint density at radius 1 is 1.80 bits per heavy atom. The van der Waals surface area contributed by atoms with Gasteiger partial charge in [0, 0.05) is 6.20 Å². The fraction of sp³-hybridized carbons (Fsp3) is 0.143. The van der Waals surface area contributed by atoms with Crippen LogP contribution in [-0.4, -0.2) is 12.1 Å². The van der Waals surface area contributed by atoms with Crippen LogP contribution in [0.25, 0.3) is 0 Å². The molecular weight excluding hydrogens is 128 g/mol. The van der Waals surface area contributed by atoms with Gasteiger partial charge < -0.3 is 4.74 Å². The van der Waals surface area contributed by atoms with Crippen molar-refractivity contribution in [2.75, 3.05) is 7.11 Å². The minimum absolute atomic E-state index is 0.402. The van der Waals surface area contributed by atoms with Gasteiger partial charge in [0.25, 0.3) is 0 Å². The molecule has 1 aromatic rings. The Bertz CT molecular complexity index is 247. The van der Waals surface area contributed by atoms with Gasteiger partial charge in [-0.25, -0.2) is 4.98 Å². The zero-order valence-electron chi connectivity index (χ0n) is 5.46. The van der Waals surface area contributed by atoms with E-state index in [4.69, 9.17) is 10.00 Å². The third-order valence-electron chi connectivity index (χ3n) is 0.994. The summed E-state index contributed by atoms with van der Waals surface area (Å²) in [6.07, 6.45) is 1.44. The summed E-state index contributed by atoms with van der Waals surface area (Å²) in [5, 5.41) is 8.35. The van der Waals surface area contributed by atoms with Gasteiger partial charge in [-0.1, -0.05) is 0 Å². The maximum absolute atomic E-state index is 8.35. The molecule has 1 rings (SSSR count). The molecule has 0 amide bonds. The van der Waals surface area contributed by atoms with Crippen molar-refractivity contribution < 1.29 is 4.74 Å². The number of rotatable bonds is 1. The van der Waals surface area contributed by atoms with Crippen molar-refractivity contribution in [2.45, 2.75) is 0 Å². The molecule has 3 nitrogen and oxygen atoms in total. The van der Waals surface area contributed by atoms with Crippen molar-refractivity contribution >= 4 is 0 Å². The normalized spacial score (nSPS) is 8.40. The molecule has 0 N–H and O–H groups in total. The number of nitriles is 1. The number of aromatic nitrogens is 1. The largest absolute Gasteiger partial charge is 0.481 e. The predicted molar refractivity (Wildman–Crippen MR) is 34.3 cm³/mol. The molecule has 1 radical (unpaired) electrons. The molecule has 3 heteroatoms. The Kier molecular flexibility index (Phi) is 1.86. The Balaban J connectivity index is 2.93. The predicted octanol–water partition coefficient (Wildman–Crippen LogP) is 0.762. The highest BCUT2D eigenvalue weighted by atomic mass is 16.5. The first-order valence-electron chi connectivity index (χ1n) is 2.68. The highest BCUT2D eigenvalue weighted by molar-refractivity contribution is 5.27. The molecule has 0 aromatic carbocycles. The maximum Gasteiger partial charge on any atom is 0.221 e. The van der Waals surface area contributed by atoms with Crippen molar-refractivity contribution in [1.82, 2.24) is 4.98 Å². The van der Waals surface area contributed by atoms with Gasteiger partial charge in [0.2, 0.25) is 5.88 Å². The summed E-state index contributed by atoms with van der Waals surface area (Å²) >= 11 is 0. The van der Waals surface area contributed by atoms with Crippen molar-refractivity contribution in [3.05, 3.63) is 23.9 Å². The van der Waals surface area contributed by atoms with Crippen LogP contribution < -0.4 is 4.74 Å². The summed E-state index contributed by atoms with van der Waals surface area (Å²) in [6.45, 7) is 0. The van der Waals surface area contributed by atoms with Crippen LogP contribution in [0.4, 0.5) is 0 Å². The lowest BCUT2D eigenvalue weighted by atomic mass is 10.3. The van der Waals surface area contributed by atoms with E-state index in [0.717, 1.165) is 0 Å². The summed E-state index contributed by atoms with van der Waals surface area (Å²) in [6, 6.07) is 6.14. The minimum atomic E-state index is 0.402. The zero-order chi connectivity index (χ0) is 7.40. The quantitative estimate of drug-likeness (QED) is 0.568. The van der Waals surface area contributed by atoms with Crippen molar-refractivity contribution in [3.63, 3.8) is 0 Å². The Morgan fingerprint density at radius 3 is 3.00 bits per heavy atom. The fourth-order valence-electron chi connectivity index (χ4n) is 0.515. The molecule has 0 saturated carbocycles. The maximum atomic E-state index is 8.35. The average molecular weight is 133 g/mol. The smallest absolute Gasteiger partial charge is 0.221 e. The van der Waals surface area contributed by atoms with E-state index in [1.54, 1.807) is 0 Å². The summed E-state index contributed by atoms with van der Waals surface area (Å²) < 4.78 is 4.74. The summed E-state index contributed by atoms with van der Waals surface area (Å²) in [4.78, 5) is 3.77. The minimum Gasteiger partial charge on any atom is -0.481 e. The molecule has 0 saturated heterocycles. The fourth-order valence-corrected chi connectivity index (χ4v) is 0.515. The lowest BCUT2D eigenvalue weighted by molar-refractivity contribution is 0.397. The van der Waals surface area contributed by atoms with Gasteiger partial charge in [0.15, 0.2) is 0 Å². The molecule has 1 heterocycles. The molecule has 0 unspecified atom stereocenters. The van der Waals surface area contributed by atoms with Crippen LogP contribution in [0.15, 0.2) is 12.3 Å². The van der Waals surface area contributed by atoms with E-state index in [2.05, 4.69) is 11.1 Å². The van der Waals surface area contributed by atoms with Crippen molar-refractivity contribution in [1.29, 1.82) is 5.26 Å². The van der Waals surface area contributed by atoms with Crippen molar-refractivity contribution in [3.8, 4) is 11.9 Å². The second kappa shape index (κ2) is 2.83. The lowest BCUT2D eigenvalue weighted by Gasteiger charge is -1.93. The molecule has 0 fully saturated rings. The van der Waals surface area contributed by atoms with E-state index >= 15 is 0 Å². The highest BCUT2D eigenvalue weighted by Gasteiger charge is 1.91. The molecule has 10 heavy (non-hydrogen) atoms. The number of nitrogens with zero attached hydrogens (tertiary/aromatic N) is 2. The third-order valence-corrected chi connectivity index (χ3v) is 0.994. The molecule has 0 atom stereocenters. The van der Waals surface area contributed by atoms with Gasteiger partial charge >= 0.3 is 0 Å². The number of pyridine rings is 1. The first-order chi connectivity index (χ1) is 4.86. The van der Waals surface area contributed by atoms with E-state index in [1.165, 1.54) is 19.4 Å². The Hall–Kier alpha value is -1.56. The van der Waals surface area contributed by atoms with E-state index in [9.17, 15) is 0 Å². The topological polar surface area (TPSA) is 45.9 Å². The van der Waals surface area contributed by atoms with E-state index in [1.807, 2.05) is 6.07 Å². The molecule has 1 aromatic heterocycles. The van der Waals surface area contributed by atoms with Crippen LogP contribution in [0.1, 0.15) is 5.56 Å². The molecule has 0 bridgehead atoms. The summed E-state index contributed by atoms with van der Waals surface area (Å²) in [5.41, 5.74) is 0.487. The van der Waals surface area contributed by atoms with Gasteiger partial charge in [0.1, 0.15) is 6.07 Å². The number of methoxy groups -OCH3 is 1. The van der Waals surface area contributed by atoms with Crippen LogP contribution in [-0.2, 0) is 0 Å². The van der Waals surface area contributed by atoms with E-state index < -0.39 is 0 Å². The van der Waals surface area contributed by atoms with Gasteiger partial charge in [-0.15, -0.1) is 0 Å². The summed E-state index contributed by atoms with van der Waals surface area (Å²) in [7, 11) is 1.50. The number of hydrogen-bond acceptors (Lipinski definition) is 3. The number of ether oxygens (including phenoxy) is 1. The standard InChI is InChI=1S/C7H5N2O/c1-10-7-3-2-6(4-8)5-9-7/h2,5H,1H3. The molecule has 0 aliphatic carbocycles. The van der Waals surface area contributed by atoms with Gasteiger partial charge in [-0.3, -0.25) is 0 Å². The molecule has 0 aliphatic rings. The van der Waals surface area contributed by atoms with Gasteiger partial charge in [-0.2, -0.15) is 5.26 Å². The SMILES string of the molecule is COc1[c]cc(C#N)cn1. The van der Waals surface area contributed by atoms with Crippen LogP contribution in [0.2, 0.25) is 0 Å².